The molecule has 0 aliphatic heterocycles. The molecule has 1 unspecified atom stereocenters. The number of aryl methyl sites for hydroxylation is 1. The highest BCUT2D eigenvalue weighted by atomic mass is 19.1. The summed E-state index contributed by atoms with van der Waals surface area (Å²) in [5, 5.41) is 11.8. The number of halogens is 1. The van der Waals surface area contributed by atoms with Gasteiger partial charge in [0.05, 0.1) is 40.4 Å². The highest BCUT2D eigenvalue weighted by Gasteiger charge is 2.16. The molecule has 0 saturated heterocycles. The van der Waals surface area contributed by atoms with E-state index in [0.717, 1.165) is 23.1 Å². The Hall–Kier alpha value is -4.20. The van der Waals surface area contributed by atoms with Crippen molar-refractivity contribution in [3.8, 4) is 11.3 Å². The molecule has 4 rings (SSSR count). The third-order valence-electron chi connectivity index (χ3n) is 5.64. The minimum Gasteiger partial charge on any atom is -0.481 e. The summed E-state index contributed by atoms with van der Waals surface area (Å²) in [4.78, 5) is 37.4. The van der Waals surface area contributed by atoms with Crippen LogP contribution in [0.15, 0.2) is 66.9 Å². The number of hydrogen-bond donors (Lipinski definition) is 2. The number of rotatable bonds is 9. The maximum absolute atomic E-state index is 13.1. The van der Waals surface area contributed by atoms with Crippen LogP contribution in [-0.4, -0.2) is 31.9 Å². The lowest BCUT2D eigenvalue weighted by atomic mass is 10.0. The second-order valence-electron chi connectivity index (χ2n) is 8.29. The molecule has 0 bridgehead atoms. The maximum atomic E-state index is 13.1. The van der Waals surface area contributed by atoms with Crippen molar-refractivity contribution in [1.82, 2.24) is 20.3 Å². The molecular formula is C27H25FN4O3. The SMILES string of the molecule is CC(NC(=O)c1ccc2nc(-c3ccccc3)c(CCCCC(=O)O)nc2c1)c1ccc(F)cn1. The lowest BCUT2D eigenvalue weighted by Crippen LogP contribution is -2.27. The molecule has 1 atom stereocenters. The summed E-state index contributed by atoms with van der Waals surface area (Å²) in [7, 11) is 0. The molecule has 7 nitrogen and oxygen atoms in total. The van der Waals surface area contributed by atoms with Gasteiger partial charge in [-0.2, -0.15) is 0 Å². The van der Waals surface area contributed by atoms with Gasteiger partial charge in [0, 0.05) is 17.5 Å². The summed E-state index contributed by atoms with van der Waals surface area (Å²) < 4.78 is 13.1. The number of carboxylic acid groups (broad SMARTS) is 1. The standard InChI is InChI=1S/C27H25FN4O3/c1-17(21-14-12-20(28)16-29-21)30-27(35)19-11-13-22-24(15-19)31-23(9-5-6-10-25(33)34)26(32-22)18-7-3-2-4-8-18/h2-4,7-8,11-17H,5-6,9-10H2,1H3,(H,30,35)(H,33,34). The van der Waals surface area contributed by atoms with Gasteiger partial charge in [-0.1, -0.05) is 30.3 Å². The number of nitrogens with zero attached hydrogens (tertiary/aromatic N) is 3. The first-order valence-corrected chi connectivity index (χ1v) is 11.4. The fraction of sp³-hybridized carbons (Fsp3) is 0.222. The summed E-state index contributed by atoms with van der Waals surface area (Å²) in [5.74, 6) is -1.56. The Morgan fingerprint density at radius 2 is 1.80 bits per heavy atom. The van der Waals surface area contributed by atoms with Gasteiger partial charge in [0.2, 0.25) is 0 Å². The van der Waals surface area contributed by atoms with Crippen molar-refractivity contribution in [3.63, 3.8) is 0 Å². The zero-order chi connectivity index (χ0) is 24.8. The highest BCUT2D eigenvalue weighted by Crippen LogP contribution is 2.25. The molecule has 0 radical (unpaired) electrons. The van der Waals surface area contributed by atoms with Gasteiger partial charge in [0.1, 0.15) is 5.82 Å². The summed E-state index contributed by atoms with van der Waals surface area (Å²) in [6.07, 6.45) is 3.00. The number of pyridine rings is 1. The first-order valence-electron chi connectivity index (χ1n) is 11.4. The van der Waals surface area contributed by atoms with E-state index in [9.17, 15) is 14.0 Å². The quantitative estimate of drug-likeness (QED) is 0.328. The average molecular weight is 473 g/mol. The molecule has 0 spiro atoms. The van der Waals surface area contributed by atoms with Gasteiger partial charge in [-0.25, -0.2) is 14.4 Å². The predicted molar refractivity (Wildman–Crippen MR) is 130 cm³/mol. The van der Waals surface area contributed by atoms with Crippen LogP contribution in [0.25, 0.3) is 22.3 Å². The van der Waals surface area contributed by atoms with Crippen LogP contribution >= 0.6 is 0 Å². The monoisotopic (exact) mass is 472 g/mol. The second kappa shape index (κ2) is 10.8. The number of fused-ring (bicyclic) bond motifs is 1. The zero-order valence-electron chi connectivity index (χ0n) is 19.2. The zero-order valence-corrected chi connectivity index (χ0v) is 19.2. The number of benzene rings is 2. The van der Waals surface area contributed by atoms with Crippen LogP contribution < -0.4 is 5.32 Å². The van der Waals surface area contributed by atoms with Gasteiger partial charge < -0.3 is 10.4 Å². The van der Waals surface area contributed by atoms with E-state index in [1.165, 1.54) is 12.1 Å². The average Bonchev–Trinajstić information content (AvgIpc) is 2.86. The normalized spacial score (nSPS) is 11.8. The topological polar surface area (TPSA) is 105 Å². The Balaban J connectivity index is 1.61. The van der Waals surface area contributed by atoms with Crippen molar-refractivity contribution in [2.45, 2.75) is 38.6 Å². The smallest absolute Gasteiger partial charge is 0.303 e. The third kappa shape index (κ3) is 6.03. The Kier molecular flexibility index (Phi) is 7.40. The van der Waals surface area contributed by atoms with Crippen LogP contribution in [0.5, 0.6) is 0 Å². The van der Waals surface area contributed by atoms with Crippen molar-refractivity contribution < 1.29 is 19.1 Å². The number of unbranched alkanes of at least 4 members (excludes halogenated alkanes) is 1. The largest absolute Gasteiger partial charge is 0.481 e. The molecule has 0 aliphatic rings. The number of amides is 1. The molecule has 2 heterocycles. The fourth-order valence-electron chi connectivity index (χ4n) is 3.80. The number of aliphatic carboxylic acids is 1. The lowest BCUT2D eigenvalue weighted by molar-refractivity contribution is -0.137. The van der Waals surface area contributed by atoms with E-state index in [0.29, 0.717) is 41.6 Å². The van der Waals surface area contributed by atoms with E-state index >= 15 is 0 Å². The van der Waals surface area contributed by atoms with Crippen molar-refractivity contribution in [1.29, 1.82) is 0 Å². The van der Waals surface area contributed by atoms with Gasteiger partial charge in [-0.15, -0.1) is 0 Å². The number of nitrogens with one attached hydrogen (secondary N) is 1. The second-order valence-corrected chi connectivity index (χ2v) is 8.29. The van der Waals surface area contributed by atoms with E-state index in [1.54, 1.807) is 25.1 Å². The van der Waals surface area contributed by atoms with E-state index in [2.05, 4.69) is 10.3 Å². The van der Waals surface area contributed by atoms with Crippen LogP contribution in [-0.2, 0) is 11.2 Å². The first kappa shape index (κ1) is 23.9. The summed E-state index contributed by atoms with van der Waals surface area (Å²) in [6.45, 7) is 1.78. The molecule has 8 heteroatoms. The van der Waals surface area contributed by atoms with Crippen LogP contribution in [0.1, 0.15) is 54.0 Å². The number of carboxylic acids is 1. The van der Waals surface area contributed by atoms with Crippen LogP contribution in [0.4, 0.5) is 4.39 Å². The molecule has 2 aromatic carbocycles. The Morgan fingerprint density at radius 3 is 2.51 bits per heavy atom. The maximum Gasteiger partial charge on any atom is 0.303 e. The Morgan fingerprint density at radius 1 is 1.00 bits per heavy atom. The molecule has 178 valence electrons. The predicted octanol–water partition coefficient (Wildman–Crippen LogP) is 5.12. The molecule has 35 heavy (non-hydrogen) atoms. The van der Waals surface area contributed by atoms with Crippen molar-refractivity contribution in [3.05, 3.63) is 89.6 Å². The summed E-state index contributed by atoms with van der Waals surface area (Å²) >= 11 is 0. The minimum atomic E-state index is -0.821. The molecule has 1 amide bonds. The fourth-order valence-corrected chi connectivity index (χ4v) is 3.80. The molecule has 4 aromatic rings. The molecule has 2 aromatic heterocycles. The van der Waals surface area contributed by atoms with Crippen LogP contribution in [0.3, 0.4) is 0 Å². The van der Waals surface area contributed by atoms with E-state index < -0.39 is 17.8 Å². The van der Waals surface area contributed by atoms with Gasteiger partial charge in [-0.3, -0.25) is 14.6 Å². The molecule has 0 fully saturated rings. The molecular weight excluding hydrogens is 447 g/mol. The van der Waals surface area contributed by atoms with Crippen LogP contribution in [0, 0.1) is 5.82 Å². The van der Waals surface area contributed by atoms with Gasteiger partial charge in [-0.05, 0) is 56.5 Å². The Bertz CT molecular complexity index is 1340. The van der Waals surface area contributed by atoms with E-state index in [-0.39, 0.29) is 12.3 Å². The van der Waals surface area contributed by atoms with E-state index in [4.69, 9.17) is 15.1 Å². The van der Waals surface area contributed by atoms with E-state index in [1.807, 2.05) is 30.3 Å². The lowest BCUT2D eigenvalue weighted by Gasteiger charge is -2.14. The molecule has 0 aliphatic carbocycles. The summed E-state index contributed by atoms with van der Waals surface area (Å²) in [6, 6.07) is 17.3. The minimum absolute atomic E-state index is 0.104. The van der Waals surface area contributed by atoms with Crippen molar-refractivity contribution >= 4 is 22.9 Å². The van der Waals surface area contributed by atoms with Crippen molar-refractivity contribution in [2.75, 3.05) is 0 Å². The first-order chi connectivity index (χ1) is 16.9. The third-order valence-corrected chi connectivity index (χ3v) is 5.64. The van der Waals surface area contributed by atoms with Gasteiger partial charge in [0.15, 0.2) is 0 Å². The number of hydrogen-bond acceptors (Lipinski definition) is 5. The summed E-state index contributed by atoms with van der Waals surface area (Å²) in [5.41, 5.74) is 4.65. The van der Waals surface area contributed by atoms with Gasteiger partial charge in [0.25, 0.3) is 5.91 Å². The highest BCUT2D eigenvalue weighted by molar-refractivity contribution is 5.97. The van der Waals surface area contributed by atoms with Gasteiger partial charge >= 0.3 is 5.97 Å². The Labute approximate surface area is 202 Å². The van der Waals surface area contributed by atoms with Crippen molar-refractivity contribution in [2.24, 2.45) is 0 Å². The number of carbonyl (C=O) groups excluding carboxylic acids is 1. The van der Waals surface area contributed by atoms with Crippen LogP contribution in [0.2, 0.25) is 0 Å². The molecule has 0 saturated carbocycles. The number of aromatic nitrogens is 3. The number of carbonyl (C=O) groups is 2. The molecule has 2 N–H and O–H groups in total.